The summed E-state index contributed by atoms with van der Waals surface area (Å²) >= 11 is 0. The Balaban J connectivity index is 1.45. The zero-order valence-electron chi connectivity index (χ0n) is 17.6. The number of halogens is 1. The molecule has 0 unspecified atom stereocenters. The van der Waals surface area contributed by atoms with Crippen LogP contribution in [0, 0.1) is 11.7 Å². The van der Waals surface area contributed by atoms with E-state index in [0.29, 0.717) is 32.2 Å². The molecule has 0 radical (unpaired) electrons. The fourth-order valence-corrected chi connectivity index (χ4v) is 5.21. The highest BCUT2D eigenvalue weighted by molar-refractivity contribution is 7.89. The van der Waals surface area contributed by atoms with Crippen LogP contribution in [-0.2, 0) is 14.8 Å². The number of rotatable bonds is 6. The van der Waals surface area contributed by atoms with Crippen LogP contribution in [0.5, 0.6) is 0 Å². The highest BCUT2D eigenvalue weighted by Crippen LogP contribution is 2.18. The van der Waals surface area contributed by atoms with Gasteiger partial charge in [-0.15, -0.1) is 0 Å². The Labute approximate surface area is 178 Å². The number of nitrogens with one attached hydrogen (secondary N) is 1. The molecule has 1 aromatic carbocycles. The SMILES string of the molecule is CC(C)CN1CCO[C@@H](CNC(=O)N2CCN(S(=O)(=O)c3ccc(F)cc3)CC2)C1. The second kappa shape index (κ2) is 10.0. The molecule has 2 aliphatic rings. The Hall–Kier alpha value is -1.75. The number of piperazine rings is 1. The molecule has 168 valence electrons. The molecule has 10 heteroatoms. The predicted octanol–water partition coefficient (Wildman–Crippen LogP) is 1.20. The average molecular weight is 443 g/mol. The van der Waals surface area contributed by atoms with Crippen molar-refractivity contribution in [3.8, 4) is 0 Å². The number of morpholine rings is 1. The number of urea groups is 1. The van der Waals surface area contributed by atoms with Crippen LogP contribution in [0.2, 0.25) is 0 Å². The zero-order valence-corrected chi connectivity index (χ0v) is 18.4. The highest BCUT2D eigenvalue weighted by Gasteiger charge is 2.30. The number of nitrogens with zero attached hydrogens (tertiary/aromatic N) is 3. The molecule has 0 spiro atoms. The summed E-state index contributed by atoms with van der Waals surface area (Å²) in [5.74, 6) is 0.102. The van der Waals surface area contributed by atoms with Gasteiger partial charge in [-0.2, -0.15) is 4.31 Å². The molecule has 30 heavy (non-hydrogen) atoms. The van der Waals surface area contributed by atoms with Crippen LogP contribution in [0.1, 0.15) is 13.8 Å². The van der Waals surface area contributed by atoms with Crippen LogP contribution in [0.25, 0.3) is 0 Å². The molecule has 2 fully saturated rings. The molecule has 0 aromatic heterocycles. The van der Waals surface area contributed by atoms with E-state index < -0.39 is 15.8 Å². The summed E-state index contributed by atoms with van der Waals surface area (Å²) in [6.07, 6.45) is -0.0402. The van der Waals surface area contributed by atoms with Gasteiger partial charge in [0.05, 0.1) is 17.6 Å². The Bertz CT molecular complexity index is 811. The maximum Gasteiger partial charge on any atom is 0.317 e. The molecule has 0 saturated carbocycles. The van der Waals surface area contributed by atoms with E-state index in [0.717, 1.165) is 31.8 Å². The van der Waals surface area contributed by atoms with Crippen LogP contribution in [-0.4, -0.2) is 93.6 Å². The van der Waals surface area contributed by atoms with Crippen molar-refractivity contribution in [2.45, 2.75) is 24.8 Å². The van der Waals surface area contributed by atoms with Gasteiger partial charge in [0.2, 0.25) is 10.0 Å². The van der Waals surface area contributed by atoms with Crippen LogP contribution >= 0.6 is 0 Å². The molecule has 2 heterocycles. The van der Waals surface area contributed by atoms with E-state index in [1.165, 1.54) is 16.4 Å². The van der Waals surface area contributed by atoms with Crippen molar-refractivity contribution >= 4 is 16.1 Å². The molecule has 0 aliphatic carbocycles. The number of hydrogen-bond donors (Lipinski definition) is 1. The molecule has 1 atom stereocenters. The van der Waals surface area contributed by atoms with Crippen molar-refractivity contribution in [2.24, 2.45) is 5.92 Å². The van der Waals surface area contributed by atoms with Gasteiger partial charge in [-0.3, -0.25) is 4.90 Å². The lowest BCUT2D eigenvalue weighted by Gasteiger charge is -2.36. The molecule has 2 amide bonds. The maximum absolute atomic E-state index is 13.1. The number of carbonyl (C=O) groups excluding carboxylic acids is 1. The summed E-state index contributed by atoms with van der Waals surface area (Å²) in [5, 5.41) is 2.91. The normalized spacial score (nSPS) is 21.7. The maximum atomic E-state index is 13.1. The van der Waals surface area contributed by atoms with Gasteiger partial charge in [-0.25, -0.2) is 17.6 Å². The lowest BCUT2D eigenvalue weighted by molar-refractivity contribution is -0.0294. The van der Waals surface area contributed by atoms with E-state index in [1.807, 2.05) is 0 Å². The third-order valence-electron chi connectivity index (χ3n) is 5.30. The molecule has 1 N–H and O–H groups in total. The zero-order chi connectivity index (χ0) is 21.7. The van der Waals surface area contributed by atoms with E-state index >= 15 is 0 Å². The van der Waals surface area contributed by atoms with E-state index in [2.05, 4.69) is 24.1 Å². The Morgan fingerprint density at radius 2 is 1.83 bits per heavy atom. The first-order valence-electron chi connectivity index (χ1n) is 10.4. The Morgan fingerprint density at radius 1 is 1.17 bits per heavy atom. The molecule has 2 saturated heterocycles. The van der Waals surface area contributed by atoms with Gasteiger partial charge in [-0.05, 0) is 30.2 Å². The fourth-order valence-electron chi connectivity index (χ4n) is 3.79. The molecule has 0 bridgehead atoms. The van der Waals surface area contributed by atoms with Crippen molar-refractivity contribution in [2.75, 3.05) is 59.0 Å². The first-order chi connectivity index (χ1) is 14.3. The number of hydrogen-bond acceptors (Lipinski definition) is 5. The van der Waals surface area contributed by atoms with Crippen molar-refractivity contribution in [3.63, 3.8) is 0 Å². The summed E-state index contributed by atoms with van der Waals surface area (Å²) in [7, 11) is -3.69. The number of ether oxygens (including phenoxy) is 1. The monoisotopic (exact) mass is 442 g/mol. The quantitative estimate of drug-likeness (QED) is 0.716. The summed E-state index contributed by atoms with van der Waals surface area (Å²) in [4.78, 5) is 16.5. The summed E-state index contributed by atoms with van der Waals surface area (Å²) in [6, 6.07) is 4.57. The third-order valence-corrected chi connectivity index (χ3v) is 7.22. The standard InChI is InChI=1S/C20H31FN4O4S/c1-16(2)14-23-11-12-29-18(15-23)13-22-20(26)24-7-9-25(10-8-24)30(27,28)19-5-3-17(21)4-6-19/h3-6,16,18H,7-15H2,1-2H3,(H,22,26)/t18-/m0/s1. The van der Waals surface area contributed by atoms with Gasteiger partial charge in [-0.1, -0.05) is 13.8 Å². The van der Waals surface area contributed by atoms with Crippen molar-refractivity contribution in [3.05, 3.63) is 30.1 Å². The van der Waals surface area contributed by atoms with E-state index in [4.69, 9.17) is 4.74 Å². The van der Waals surface area contributed by atoms with Crippen LogP contribution in [0.15, 0.2) is 29.2 Å². The van der Waals surface area contributed by atoms with Gasteiger partial charge in [0.15, 0.2) is 0 Å². The fraction of sp³-hybridized carbons (Fsp3) is 0.650. The summed E-state index contributed by atoms with van der Waals surface area (Å²) in [5.41, 5.74) is 0. The van der Waals surface area contributed by atoms with Crippen LogP contribution in [0.4, 0.5) is 9.18 Å². The van der Waals surface area contributed by atoms with Gasteiger partial charge in [0, 0.05) is 52.4 Å². The smallest absolute Gasteiger partial charge is 0.317 e. The van der Waals surface area contributed by atoms with Gasteiger partial charge in [0.25, 0.3) is 0 Å². The largest absolute Gasteiger partial charge is 0.374 e. The third kappa shape index (κ3) is 5.90. The first kappa shape index (κ1) is 22.9. The minimum Gasteiger partial charge on any atom is -0.374 e. The Morgan fingerprint density at radius 3 is 2.47 bits per heavy atom. The molecular formula is C20H31FN4O4S. The topological polar surface area (TPSA) is 82.2 Å². The average Bonchev–Trinajstić information content (AvgIpc) is 2.72. The minimum atomic E-state index is -3.69. The Kier molecular flexibility index (Phi) is 7.67. The molecular weight excluding hydrogens is 411 g/mol. The van der Waals surface area contributed by atoms with E-state index in [-0.39, 0.29) is 30.1 Å². The lowest BCUT2D eigenvalue weighted by atomic mass is 10.2. The molecule has 1 aromatic rings. The van der Waals surface area contributed by atoms with Crippen LogP contribution < -0.4 is 5.32 Å². The lowest BCUT2D eigenvalue weighted by Crippen LogP contribution is -2.55. The molecule has 3 rings (SSSR count). The predicted molar refractivity (Wildman–Crippen MR) is 111 cm³/mol. The summed E-state index contributed by atoms with van der Waals surface area (Å²) < 4.78 is 45.5. The van der Waals surface area contributed by atoms with Crippen molar-refractivity contribution in [1.82, 2.24) is 19.4 Å². The van der Waals surface area contributed by atoms with Gasteiger partial charge in [0.1, 0.15) is 5.82 Å². The van der Waals surface area contributed by atoms with Gasteiger partial charge >= 0.3 is 6.03 Å². The van der Waals surface area contributed by atoms with E-state index in [9.17, 15) is 17.6 Å². The first-order valence-corrected chi connectivity index (χ1v) is 11.8. The second-order valence-corrected chi connectivity index (χ2v) is 10.1. The van der Waals surface area contributed by atoms with Crippen molar-refractivity contribution < 1.29 is 22.3 Å². The minimum absolute atomic E-state index is 0.0402. The van der Waals surface area contributed by atoms with Crippen LogP contribution in [0.3, 0.4) is 0 Å². The molecule has 8 nitrogen and oxygen atoms in total. The molecule has 2 aliphatic heterocycles. The van der Waals surface area contributed by atoms with E-state index in [1.54, 1.807) is 4.90 Å². The number of carbonyl (C=O) groups is 1. The summed E-state index contributed by atoms with van der Waals surface area (Å²) in [6.45, 7) is 9.19. The number of benzene rings is 1. The highest BCUT2D eigenvalue weighted by atomic mass is 32.2. The van der Waals surface area contributed by atoms with Crippen molar-refractivity contribution in [1.29, 1.82) is 0 Å². The van der Waals surface area contributed by atoms with Gasteiger partial charge < -0.3 is 15.0 Å². The number of amides is 2. The second-order valence-electron chi connectivity index (χ2n) is 8.18. The number of sulfonamides is 1.